The van der Waals surface area contributed by atoms with Crippen molar-refractivity contribution in [3.05, 3.63) is 29.8 Å². The third kappa shape index (κ3) is 9.33. The average Bonchev–Trinajstić information content (AvgIpc) is 2.64. The Hall–Kier alpha value is -0.980. The highest BCUT2D eigenvalue weighted by molar-refractivity contribution is 5.29. The summed E-state index contributed by atoms with van der Waals surface area (Å²) in [7, 11) is 1.74. The Labute approximate surface area is 157 Å². The first-order valence-corrected chi connectivity index (χ1v) is 10.9. The van der Waals surface area contributed by atoms with Crippen LogP contribution >= 0.6 is 0 Å². The van der Waals surface area contributed by atoms with Crippen molar-refractivity contribution in [3.8, 4) is 5.75 Å². The van der Waals surface area contributed by atoms with Crippen LogP contribution in [-0.2, 0) is 0 Å². The Morgan fingerprint density at radius 3 is 1.96 bits per heavy atom. The quantitative estimate of drug-likeness (QED) is 0.291. The third-order valence-corrected chi connectivity index (χ3v) is 5.55. The van der Waals surface area contributed by atoms with Crippen molar-refractivity contribution in [2.24, 2.45) is 5.92 Å². The molecule has 2 atom stereocenters. The summed E-state index contributed by atoms with van der Waals surface area (Å²) >= 11 is 0. The Kier molecular flexibility index (Phi) is 12.5. The summed E-state index contributed by atoms with van der Waals surface area (Å²) in [5, 5.41) is 0. The molecule has 1 heteroatoms. The Balaban J connectivity index is 2.45. The van der Waals surface area contributed by atoms with Crippen molar-refractivity contribution in [3.63, 3.8) is 0 Å². The van der Waals surface area contributed by atoms with Crippen molar-refractivity contribution in [2.45, 2.75) is 104 Å². The zero-order chi connectivity index (χ0) is 18.3. The molecule has 0 fully saturated rings. The van der Waals surface area contributed by atoms with E-state index >= 15 is 0 Å². The summed E-state index contributed by atoms with van der Waals surface area (Å²) in [5.41, 5.74) is 1.50. The SMILES string of the molecule is CCCCCCC(CCC)CCCC(CCC)c1ccc(OC)cc1. The van der Waals surface area contributed by atoms with Crippen molar-refractivity contribution in [2.75, 3.05) is 7.11 Å². The maximum Gasteiger partial charge on any atom is 0.118 e. The second-order valence-corrected chi connectivity index (χ2v) is 7.69. The average molecular weight is 347 g/mol. The summed E-state index contributed by atoms with van der Waals surface area (Å²) in [4.78, 5) is 0. The molecule has 0 saturated heterocycles. The van der Waals surface area contributed by atoms with Crippen LogP contribution in [0.2, 0.25) is 0 Å². The molecule has 0 heterocycles. The number of rotatable bonds is 15. The molecule has 0 aliphatic rings. The van der Waals surface area contributed by atoms with Crippen LogP contribution in [0.1, 0.15) is 109 Å². The first-order chi connectivity index (χ1) is 12.2. The lowest BCUT2D eigenvalue weighted by Crippen LogP contribution is -2.04. The van der Waals surface area contributed by atoms with Crippen LogP contribution in [0, 0.1) is 5.92 Å². The van der Waals surface area contributed by atoms with Crippen LogP contribution in [0.3, 0.4) is 0 Å². The lowest BCUT2D eigenvalue weighted by Gasteiger charge is -2.20. The highest BCUT2D eigenvalue weighted by Gasteiger charge is 2.13. The number of benzene rings is 1. The van der Waals surface area contributed by atoms with Gasteiger partial charge in [0.05, 0.1) is 7.11 Å². The van der Waals surface area contributed by atoms with Crippen LogP contribution < -0.4 is 4.74 Å². The van der Waals surface area contributed by atoms with Gasteiger partial charge in [-0.1, -0.05) is 97.1 Å². The molecule has 0 aliphatic carbocycles. The first-order valence-electron chi connectivity index (χ1n) is 10.9. The lowest BCUT2D eigenvalue weighted by molar-refractivity contribution is 0.372. The molecule has 0 aromatic heterocycles. The molecule has 1 aromatic rings. The summed E-state index contributed by atoms with van der Waals surface area (Å²) in [6, 6.07) is 8.78. The maximum atomic E-state index is 5.30. The van der Waals surface area contributed by atoms with Gasteiger partial charge in [-0.15, -0.1) is 0 Å². The largest absolute Gasteiger partial charge is 0.497 e. The standard InChI is InChI=1S/C24H42O/c1-5-8-9-10-14-21(12-6-2)15-11-16-22(13-7-3)23-17-19-24(25-4)20-18-23/h17-22H,5-16H2,1-4H3. The van der Waals surface area contributed by atoms with E-state index in [0.29, 0.717) is 0 Å². The van der Waals surface area contributed by atoms with Crippen LogP contribution in [0.4, 0.5) is 0 Å². The normalized spacial score (nSPS) is 13.6. The van der Waals surface area contributed by atoms with Gasteiger partial charge in [-0.05, 0) is 42.4 Å². The van der Waals surface area contributed by atoms with E-state index in [1.54, 1.807) is 7.11 Å². The third-order valence-electron chi connectivity index (χ3n) is 5.55. The summed E-state index contributed by atoms with van der Waals surface area (Å²) in [6.07, 6.45) is 16.6. The van der Waals surface area contributed by atoms with E-state index in [1.807, 2.05) is 0 Å². The number of methoxy groups -OCH3 is 1. The van der Waals surface area contributed by atoms with Gasteiger partial charge in [0, 0.05) is 0 Å². The van der Waals surface area contributed by atoms with E-state index in [1.165, 1.54) is 82.6 Å². The predicted octanol–water partition coefficient (Wildman–Crippen LogP) is 8.14. The molecule has 25 heavy (non-hydrogen) atoms. The van der Waals surface area contributed by atoms with Crippen molar-refractivity contribution < 1.29 is 4.74 Å². The Morgan fingerprint density at radius 1 is 0.680 bits per heavy atom. The van der Waals surface area contributed by atoms with Gasteiger partial charge >= 0.3 is 0 Å². The van der Waals surface area contributed by atoms with Gasteiger partial charge in [0.1, 0.15) is 5.75 Å². The highest BCUT2D eigenvalue weighted by Crippen LogP contribution is 2.30. The van der Waals surface area contributed by atoms with E-state index in [0.717, 1.165) is 17.6 Å². The van der Waals surface area contributed by atoms with Crippen molar-refractivity contribution >= 4 is 0 Å². The number of hydrogen-bond donors (Lipinski definition) is 0. The molecule has 1 rings (SSSR count). The number of hydrogen-bond acceptors (Lipinski definition) is 1. The molecule has 0 amide bonds. The first kappa shape index (κ1) is 22.1. The summed E-state index contributed by atoms with van der Waals surface area (Å²) in [5.74, 6) is 2.65. The van der Waals surface area contributed by atoms with Gasteiger partial charge in [0.25, 0.3) is 0 Å². The molecule has 144 valence electrons. The lowest BCUT2D eigenvalue weighted by atomic mass is 9.86. The van der Waals surface area contributed by atoms with Crippen LogP contribution in [0.25, 0.3) is 0 Å². The van der Waals surface area contributed by atoms with Gasteiger partial charge in [-0.25, -0.2) is 0 Å². The number of unbranched alkanes of at least 4 members (excludes halogenated alkanes) is 3. The van der Waals surface area contributed by atoms with Crippen LogP contribution in [-0.4, -0.2) is 7.11 Å². The smallest absolute Gasteiger partial charge is 0.118 e. The molecule has 0 N–H and O–H groups in total. The second kappa shape index (κ2) is 14.2. The van der Waals surface area contributed by atoms with Gasteiger partial charge < -0.3 is 4.74 Å². The van der Waals surface area contributed by atoms with Gasteiger partial charge in [-0.2, -0.15) is 0 Å². The molecule has 2 unspecified atom stereocenters. The molecule has 1 nitrogen and oxygen atoms in total. The fourth-order valence-corrected chi connectivity index (χ4v) is 4.06. The molecule has 0 spiro atoms. The molecular weight excluding hydrogens is 304 g/mol. The summed E-state index contributed by atoms with van der Waals surface area (Å²) < 4.78 is 5.30. The highest BCUT2D eigenvalue weighted by atomic mass is 16.5. The Morgan fingerprint density at radius 2 is 1.36 bits per heavy atom. The second-order valence-electron chi connectivity index (χ2n) is 7.69. The molecule has 0 radical (unpaired) electrons. The fraction of sp³-hybridized carbons (Fsp3) is 0.750. The van der Waals surface area contributed by atoms with Gasteiger partial charge in [0.15, 0.2) is 0 Å². The molecular formula is C24H42O. The minimum atomic E-state index is 0.721. The molecule has 0 aliphatic heterocycles. The minimum Gasteiger partial charge on any atom is -0.497 e. The molecule has 0 bridgehead atoms. The zero-order valence-corrected chi connectivity index (χ0v) is 17.4. The minimum absolute atomic E-state index is 0.721. The number of ether oxygens (including phenoxy) is 1. The maximum absolute atomic E-state index is 5.30. The predicted molar refractivity (Wildman–Crippen MR) is 112 cm³/mol. The van der Waals surface area contributed by atoms with Gasteiger partial charge in [-0.3, -0.25) is 0 Å². The molecule has 1 aromatic carbocycles. The summed E-state index contributed by atoms with van der Waals surface area (Å²) in [6.45, 7) is 6.96. The van der Waals surface area contributed by atoms with Crippen LogP contribution in [0.5, 0.6) is 5.75 Å². The topological polar surface area (TPSA) is 9.23 Å². The molecule has 0 saturated carbocycles. The van der Waals surface area contributed by atoms with Gasteiger partial charge in [0.2, 0.25) is 0 Å². The van der Waals surface area contributed by atoms with E-state index < -0.39 is 0 Å². The van der Waals surface area contributed by atoms with Crippen LogP contribution in [0.15, 0.2) is 24.3 Å². The van der Waals surface area contributed by atoms with Crippen molar-refractivity contribution in [1.82, 2.24) is 0 Å². The van der Waals surface area contributed by atoms with E-state index in [2.05, 4.69) is 45.0 Å². The van der Waals surface area contributed by atoms with E-state index in [9.17, 15) is 0 Å². The van der Waals surface area contributed by atoms with E-state index in [-0.39, 0.29) is 0 Å². The fourth-order valence-electron chi connectivity index (χ4n) is 4.06. The zero-order valence-electron chi connectivity index (χ0n) is 17.4. The monoisotopic (exact) mass is 346 g/mol. The van der Waals surface area contributed by atoms with Crippen molar-refractivity contribution in [1.29, 1.82) is 0 Å². The van der Waals surface area contributed by atoms with E-state index in [4.69, 9.17) is 4.74 Å². The Bertz CT molecular complexity index is 409.